The molecule has 1 radical (unpaired) electrons. The molecule has 1 heterocycles. The summed E-state index contributed by atoms with van der Waals surface area (Å²) >= 11 is 0. The third kappa shape index (κ3) is 1.32. The molecule has 0 fully saturated rings. The molecule has 0 saturated heterocycles. The lowest BCUT2D eigenvalue weighted by Crippen LogP contribution is -1.77. The summed E-state index contributed by atoms with van der Waals surface area (Å²) in [5, 5.41) is 1.16. The van der Waals surface area contributed by atoms with Gasteiger partial charge in [-0.1, -0.05) is 24.3 Å². The van der Waals surface area contributed by atoms with Crippen LogP contribution in [0.15, 0.2) is 46.4 Å². The Balaban J connectivity index is 2.17. The molecule has 0 spiro atoms. The first-order chi connectivity index (χ1) is 7.34. The molecule has 0 bridgehead atoms. The standard InChI is InChI=1S/C14H11O/c1-10-5-4-7-12(10)14-9-11-6-2-3-8-13(11)15-14/h2-3,6-9H,4H2,1H3. The van der Waals surface area contributed by atoms with E-state index in [9.17, 15) is 0 Å². The molecule has 73 valence electrons. The average molecular weight is 195 g/mol. The van der Waals surface area contributed by atoms with Crippen molar-refractivity contribution >= 4 is 16.5 Å². The monoisotopic (exact) mass is 195 g/mol. The van der Waals surface area contributed by atoms with Crippen molar-refractivity contribution < 1.29 is 4.42 Å². The molecular weight excluding hydrogens is 184 g/mol. The molecule has 3 rings (SSSR count). The molecule has 1 heteroatoms. The number of benzene rings is 1. The van der Waals surface area contributed by atoms with E-state index in [1.807, 2.05) is 18.2 Å². The maximum absolute atomic E-state index is 5.79. The van der Waals surface area contributed by atoms with Gasteiger partial charge in [0.2, 0.25) is 0 Å². The summed E-state index contributed by atoms with van der Waals surface area (Å²) in [6.07, 6.45) is 6.34. The molecule has 2 aromatic rings. The van der Waals surface area contributed by atoms with Crippen LogP contribution in [0.3, 0.4) is 0 Å². The second-order valence-corrected chi connectivity index (χ2v) is 3.77. The quantitative estimate of drug-likeness (QED) is 0.671. The average Bonchev–Trinajstić information content (AvgIpc) is 2.82. The van der Waals surface area contributed by atoms with Gasteiger partial charge in [0, 0.05) is 11.0 Å². The molecule has 1 aliphatic rings. The van der Waals surface area contributed by atoms with Gasteiger partial charge in [-0.25, -0.2) is 0 Å². The lowest BCUT2D eigenvalue weighted by Gasteiger charge is -1.97. The summed E-state index contributed by atoms with van der Waals surface area (Å²) in [5.74, 6) is 0.957. The molecule has 1 aliphatic carbocycles. The number of para-hydroxylation sites is 1. The number of hydrogen-bond acceptors (Lipinski definition) is 1. The summed E-state index contributed by atoms with van der Waals surface area (Å²) in [5.41, 5.74) is 3.33. The van der Waals surface area contributed by atoms with Crippen molar-refractivity contribution in [2.45, 2.75) is 13.3 Å². The first kappa shape index (κ1) is 8.54. The largest absolute Gasteiger partial charge is 0.456 e. The lowest BCUT2D eigenvalue weighted by atomic mass is 10.1. The highest BCUT2D eigenvalue weighted by atomic mass is 16.3. The Morgan fingerprint density at radius 3 is 2.87 bits per heavy atom. The van der Waals surface area contributed by atoms with Gasteiger partial charge in [0.05, 0.1) is 0 Å². The van der Waals surface area contributed by atoms with Crippen molar-refractivity contribution in [3.8, 4) is 0 Å². The molecule has 1 aromatic heterocycles. The maximum Gasteiger partial charge on any atom is 0.135 e. The van der Waals surface area contributed by atoms with Gasteiger partial charge in [0.15, 0.2) is 0 Å². The molecule has 0 unspecified atom stereocenters. The van der Waals surface area contributed by atoms with Gasteiger partial charge >= 0.3 is 0 Å². The van der Waals surface area contributed by atoms with E-state index in [2.05, 4.69) is 31.2 Å². The van der Waals surface area contributed by atoms with Crippen LogP contribution in [0.5, 0.6) is 0 Å². The first-order valence-corrected chi connectivity index (χ1v) is 5.11. The fraction of sp³-hybridized carbons (Fsp3) is 0.143. The van der Waals surface area contributed by atoms with Crippen LogP contribution in [0.2, 0.25) is 0 Å². The smallest absolute Gasteiger partial charge is 0.135 e. The van der Waals surface area contributed by atoms with Gasteiger partial charge in [0.25, 0.3) is 0 Å². The van der Waals surface area contributed by atoms with Crippen LogP contribution in [0.4, 0.5) is 0 Å². The van der Waals surface area contributed by atoms with Crippen LogP contribution >= 0.6 is 0 Å². The van der Waals surface area contributed by atoms with Crippen molar-refractivity contribution in [2.75, 3.05) is 0 Å². The van der Waals surface area contributed by atoms with Gasteiger partial charge in [-0.2, -0.15) is 0 Å². The van der Waals surface area contributed by atoms with E-state index in [1.54, 1.807) is 0 Å². The number of hydrogen-bond donors (Lipinski definition) is 0. The summed E-state index contributed by atoms with van der Waals surface area (Å²) in [4.78, 5) is 0. The Labute approximate surface area is 88.7 Å². The highest BCUT2D eigenvalue weighted by Gasteiger charge is 2.12. The van der Waals surface area contributed by atoms with E-state index in [-0.39, 0.29) is 0 Å². The SMILES string of the molecule is CC1=[C]CC=C1c1cc2ccccc2o1. The third-order valence-electron chi connectivity index (χ3n) is 2.77. The van der Waals surface area contributed by atoms with E-state index in [1.165, 1.54) is 11.1 Å². The topological polar surface area (TPSA) is 13.1 Å². The minimum Gasteiger partial charge on any atom is -0.456 e. The summed E-state index contributed by atoms with van der Waals surface area (Å²) in [6.45, 7) is 2.08. The molecule has 1 nitrogen and oxygen atoms in total. The molecule has 0 amide bonds. The zero-order valence-electron chi connectivity index (χ0n) is 8.58. The van der Waals surface area contributed by atoms with E-state index in [4.69, 9.17) is 4.42 Å². The van der Waals surface area contributed by atoms with Crippen molar-refractivity contribution in [1.82, 2.24) is 0 Å². The Morgan fingerprint density at radius 1 is 1.27 bits per heavy atom. The van der Waals surface area contributed by atoms with E-state index < -0.39 is 0 Å². The molecule has 0 aliphatic heterocycles. The van der Waals surface area contributed by atoms with Crippen LogP contribution in [0.1, 0.15) is 19.1 Å². The van der Waals surface area contributed by atoms with Crippen LogP contribution < -0.4 is 0 Å². The molecule has 0 saturated carbocycles. The fourth-order valence-electron chi connectivity index (χ4n) is 1.95. The number of rotatable bonds is 1. The number of fused-ring (bicyclic) bond motifs is 1. The van der Waals surface area contributed by atoms with Gasteiger partial charge in [-0.15, -0.1) is 0 Å². The lowest BCUT2D eigenvalue weighted by molar-refractivity contribution is 0.600. The van der Waals surface area contributed by atoms with Crippen LogP contribution in [-0.2, 0) is 0 Å². The number of furan rings is 1. The van der Waals surface area contributed by atoms with Crippen molar-refractivity contribution in [1.29, 1.82) is 0 Å². The predicted octanol–water partition coefficient (Wildman–Crippen LogP) is 3.97. The first-order valence-electron chi connectivity index (χ1n) is 5.11. The van der Waals surface area contributed by atoms with E-state index >= 15 is 0 Å². The summed E-state index contributed by atoms with van der Waals surface area (Å²) < 4.78 is 5.79. The molecule has 0 atom stereocenters. The Morgan fingerprint density at radius 2 is 2.13 bits per heavy atom. The Hall–Kier alpha value is -1.76. The predicted molar refractivity (Wildman–Crippen MR) is 61.2 cm³/mol. The zero-order valence-corrected chi connectivity index (χ0v) is 8.58. The van der Waals surface area contributed by atoms with Crippen molar-refractivity contribution in [2.24, 2.45) is 0 Å². The Bertz CT molecular complexity index is 537. The van der Waals surface area contributed by atoms with Crippen LogP contribution in [0, 0.1) is 6.08 Å². The van der Waals surface area contributed by atoms with Gasteiger partial charge in [-0.05, 0) is 37.1 Å². The van der Waals surface area contributed by atoms with E-state index in [0.717, 1.165) is 23.2 Å². The summed E-state index contributed by atoms with van der Waals surface area (Å²) in [6, 6.07) is 10.2. The van der Waals surface area contributed by atoms with Crippen molar-refractivity contribution in [3.63, 3.8) is 0 Å². The molecular formula is C14H11O. The highest BCUT2D eigenvalue weighted by Crippen LogP contribution is 2.31. The third-order valence-corrected chi connectivity index (χ3v) is 2.77. The minimum absolute atomic E-state index is 0.901. The van der Waals surface area contributed by atoms with Gasteiger partial charge < -0.3 is 4.42 Å². The van der Waals surface area contributed by atoms with Crippen LogP contribution in [-0.4, -0.2) is 0 Å². The fourth-order valence-corrected chi connectivity index (χ4v) is 1.95. The highest BCUT2D eigenvalue weighted by molar-refractivity contribution is 5.86. The second kappa shape index (κ2) is 3.13. The number of allylic oxidation sites excluding steroid dienone is 4. The summed E-state index contributed by atoms with van der Waals surface area (Å²) in [7, 11) is 0. The molecule has 0 N–H and O–H groups in total. The normalized spacial score (nSPS) is 15.5. The zero-order chi connectivity index (χ0) is 10.3. The Kier molecular flexibility index (Phi) is 1.78. The minimum atomic E-state index is 0.901. The molecule has 15 heavy (non-hydrogen) atoms. The van der Waals surface area contributed by atoms with Gasteiger partial charge in [0.1, 0.15) is 11.3 Å². The van der Waals surface area contributed by atoms with Crippen LogP contribution in [0.25, 0.3) is 16.5 Å². The van der Waals surface area contributed by atoms with Gasteiger partial charge in [-0.3, -0.25) is 0 Å². The van der Waals surface area contributed by atoms with Crippen molar-refractivity contribution in [3.05, 3.63) is 53.8 Å². The maximum atomic E-state index is 5.79. The van der Waals surface area contributed by atoms with E-state index in [0.29, 0.717) is 0 Å². The second-order valence-electron chi connectivity index (χ2n) is 3.77. The molecule has 1 aromatic carbocycles.